The first kappa shape index (κ1) is 18.8. The van der Waals surface area contributed by atoms with Gasteiger partial charge < -0.3 is 9.84 Å². The predicted molar refractivity (Wildman–Crippen MR) is 91.2 cm³/mol. The highest BCUT2D eigenvalue weighted by Crippen LogP contribution is 2.26. The van der Waals surface area contributed by atoms with E-state index in [0.717, 1.165) is 11.4 Å². The van der Waals surface area contributed by atoms with Gasteiger partial charge >= 0.3 is 0 Å². The number of hydrogen-bond acceptors (Lipinski definition) is 4. The average Bonchev–Trinajstić information content (AvgIpc) is 3.04. The number of rotatable bonds is 5. The van der Waals surface area contributed by atoms with Gasteiger partial charge in [0.2, 0.25) is 0 Å². The SMILES string of the molecule is C1CCCC1.COc1cccc(NOC(C)(C)C(C)(C)O)c1. The standard InChI is InChI=1S/C13H21NO3.C5H10/c1-12(2,15)13(3,4)17-14-10-7-6-8-11(9-10)16-5;1-2-4-5-3-1/h6-9,14-15H,1-5H3;1-5H2. The fourth-order valence-electron chi connectivity index (χ4n) is 1.88. The largest absolute Gasteiger partial charge is 0.497 e. The Kier molecular flexibility index (Phi) is 7.17. The first-order valence-corrected chi connectivity index (χ1v) is 8.07. The second-order valence-corrected chi connectivity index (χ2v) is 6.77. The topological polar surface area (TPSA) is 50.7 Å². The van der Waals surface area contributed by atoms with Crippen molar-refractivity contribution in [1.82, 2.24) is 0 Å². The van der Waals surface area contributed by atoms with E-state index in [0.29, 0.717) is 0 Å². The Hall–Kier alpha value is -1.26. The summed E-state index contributed by atoms with van der Waals surface area (Å²) in [6.07, 6.45) is 7.50. The van der Waals surface area contributed by atoms with E-state index in [9.17, 15) is 5.11 Å². The van der Waals surface area contributed by atoms with Crippen LogP contribution in [-0.4, -0.2) is 23.4 Å². The summed E-state index contributed by atoms with van der Waals surface area (Å²) in [5.74, 6) is 0.750. The number of anilines is 1. The molecule has 0 atom stereocenters. The van der Waals surface area contributed by atoms with Crippen LogP contribution in [0.3, 0.4) is 0 Å². The molecule has 1 saturated carbocycles. The van der Waals surface area contributed by atoms with Crippen LogP contribution in [0, 0.1) is 0 Å². The van der Waals surface area contributed by atoms with Crippen LogP contribution in [0.4, 0.5) is 5.69 Å². The zero-order chi connectivity index (χ0) is 16.6. The lowest BCUT2D eigenvalue weighted by molar-refractivity contribution is -0.130. The molecular weight excluding hydrogens is 278 g/mol. The normalized spacial score (nSPS) is 15.0. The molecule has 0 bridgehead atoms. The van der Waals surface area contributed by atoms with Crippen molar-refractivity contribution in [2.45, 2.75) is 71.0 Å². The smallest absolute Gasteiger partial charge is 0.121 e. The van der Waals surface area contributed by atoms with Gasteiger partial charge in [-0.05, 0) is 39.8 Å². The van der Waals surface area contributed by atoms with Gasteiger partial charge in [-0.2, -0.15) is 0 Å². The Balaban J connectivity index is 0.000000406. The first-order valence-electron chi connectivity index (χ1n) is 8.07. The molecule has 0 heterocycles. The number of hydrogen-bond donors (Lipinski definition) is 2. The van der Waals surface area contributed by atoms with E-state index in [1.54, 1.807) is 21.0 Å². The summed E-state index contributed by atoms with van der Waals surface area (Å²) >= 11 is 0. The minimum absolute atomic E-state index is 0.712. The van der Waals surface area contributed by atoms with Crippen molar-refractivity contribution in [3.8, 4) is 5.75 Å². The van der Waals surface area contributed by atoms with Gasteiger partial charge in [0.05, 0.1) is 18.4 Å². The highest BCUT2D eigenvalue weighted by molar-refractivity contribution is 5.46. The highest BCUT2D eigenvalue weighted by atomic mass is 16.7. The molecule has 0 aliphatic heterocycles. The fraction of sp³-hybridized carbons (Fsp3) is 0.667. The zero-order valence-electron chi connectivity index (χ0n) is 14.6. The molecule has 1 aliphatic rings. The molecule has 1 aliphatic carbocycles. The molecule has 0 aromatic heterocycles. The van der Waals surface area contributed by atoms with Crippen LogP contribution < -0.4 is 10.2 Å². The van der Waals surface area contributed by atoms with Crippen molar-refractivity contribution in [3.05, 3.63) is 24.3 Å². The van der Waals surface area contributed by atoms with Gasteiger partial charge in [-0.25, -0.2) is 0 Å². The van der Waals surface area contributed by atoms with Crippen LogP contribution in [0.15, 0.2) is 24.3 Å². The van der Waals surface area contributed by atoms with Gasteiger partial charge in [-0.3, -0.25) is 10.3 Å². The maximum Gasteiger partial charge on any atom is 0.121 e. The molecule has 0 spiro atoms. The molecule has 2 N–H and O–H groups in total. The van der Waals surface area contributed by atoms with Gasteiger partial charge in [0.15, 0.2) is 0 Å². The van der Waals surface area contributed by atoms with Gasteiger partial charge in [0.25, 0.3) is 0 Å². The van der Waals surface area contributed by atoms with E-state index in [-0.39, 0.29) is 0 Å². The number of methoxy groups -OCH3 is 1. The van der Waals surface area contributed by atoms with Crippen molar-refractivity contribution < 1.29 is 14.7 Å². The third-order valence-electron chi connectivity index (χ3n) is 4.22. The third kappa shape index (κ3) is 6.24. The molecule has 22 heavy (non-hydrogen) atoms. The average molecular weight is 309 g/mol. The summed E-state index contributed by atoms with van der Waals surface area (Å²) in [7, 11) is 1.61. The summed E-state index contributed by atoms with van der Waals surface area (Å²) in [6.45, 7) is 7.06. The van der Waals surface area contributed by atoms with Gasteiger partial charge in [0, 0.05) is 6.07 Å². The quantitative estimate of drug-likeness (QED) is 0.784. The van der Waals surface area contributed by atoms with E-state index in [1.807, 2.05) is 38.1 Å². The zero-order valence-corrected chi connectivity index (χ0v) is 14.6. The van der Waals surface area contributed by atoms with Gasteiger partial charge in [0.1, 0.15) is 11.4 Å². The third-order valence-corrected chi connectivity index (χ3v) is 4.22. The number of nitrogens with one attached hydrogen (secondary N) is 1. The molecule has 126 valence electrons. The lowest BCUT2D eigenvalue weighted by Gasteiger charge is -2.36. The highest BCUT2D eigenvalue weighted by Gasteiger charge is 2.36. The molecule has 1 aromatic rings. The van der Waals surface area contributed by atoms with Crippen LogP contribution in [0.25, 0.3) is 0 Å². The molecule has 1 fully saturated rings. The van der Waals surface area contributed by atoms with Crippen molar-refractivity contribution in [2.24, 2.45) is 0 Å². The maximum absolute atomic E-state index is 9.93. The second-order valence-electron chi connectivity index (χ2n) is 6.77. The molecule has 2 rings (SSSR count). The predicted octanol–water partition coefficient (Wildman–Crippen LogP) is 4.54. The van der Waals surface area contributed by atoms with Gasteiger partial charge in [-0.1, -0.05) is 38.2 Å². The first-order chi connectivity index (χ1) is 10.3. The maximum atomic E-state index is 9.93. The lowest BCUT2D eigenvalue weighted by Crippen LogP contribution is -2.48. The molecule has 0 radical (unpaired) electrons. The van der Waals surface area contributed by atoms with Crippen molar-refractivity contribution >= 4 is 5.69 Å². The lowest BCUT2D eigenvalue weighted by atomic mass is 9.90. The molecule has 4 heteroatoms. The summed E-state index contributed by atoms with van der Waals surface area (Å²) < 4.78 is 5.11. The van der Waals surface area contributed by atoms with Gasteiger partial charge in [-0.15, -0.1) is 0 Å². The van der Waals surface area contributed by atoms with Crippen LogP contribution in [0.2, 0.25) is 0 Å². The van der Waals surface area contributed by atoms with E-state index >= 15 is 0 Å². The van der Waals surface area contributed by atoms with Crippen molar-refractivity contribution in [2.75, 3.05) is 12.6 Å². The van der Waals surface area contributed by atoms with Crippen LogP contribution in [0.1, 0.15) is 59.8 Å². The Bertz CT molecular complexity index is 427. The summed E-state index contributed by atoms with van der Waals surface area (Å²) in [5.41, 5.74) is 1.95. The van der Waals surface area contributed by atoms with Crippen LogP contribution in [0.5, 0.6) is 5.75 Å². The Labute approximate surface area is 134 Å². The molecule has 0 unspecified atom stereocenters. The van der Waals surface area contributed by atoms with E-state index in [1.165, 1.54) is 32.1 Å². The van der Waals surface area contributed by atoms with Crippen LogP contribution >= 0.6 is 0 Å². The molecular formula is C18H31NO3. The minimum atomic E-state index is -0.946. The summed E-state index contributed by atoms with van der Waals surface area (Å²) in [5, 5.41) is 9.93. The monoisotopic (exact) mass is 309 g/mol. The number of ether oxygens (including phenoxy) is 1. The fourth-order valence-corrected chi connectivity index (χ4v) is 1.88. The summed E-state index contributed by atoms with van der Waals surface area (Å²) in [4.78, 5) is 5.52. The Morgan fingerprint density at radius 3 is 2.00 bits per heavy atom. The molecule has 0 amide bonds. The van der Waals surface area contributed by atoms with E-state index in [4.69, 9.17) is 9.57 Å². The van der Waals surface area contributed by atoms with E-state index in [2.05, 4.69) is 5.48 Å². The Morgan fingerprint density at radius 2 is 1.55 bits per heavy atom. The van der Waals surface area contributed by atoms with Crippen molar-refractivity contribution in [3.63, 3.8) is 0 Å². The summed E-state index contributed by atoms with van der Waals surface area (Å²) in [6, 6.07) is 7.40. The van der Waals surface area contributed by atoms with Crippen LogP contribution in [-0.2, 0) is 4.84 Å². The number of aliphatic hydroxyl groups is 1. The van der Waals surface area contributed by atoms with Crippen molar-refractivity contribution in [1.29, 1.82) is 0 Å². The molecule has 4 nitrogen and oxygen atoms in total. The minimum Gasteiger partial charge on any atom is -0.497 e. The van der Waals surface area contributed by atoms with E-state index < -0.39 is 11.2 Å². The molecule has 0 saturated heterocycles. The molecule has 1 aromatic carbocycles. The number of benzene rings is 1. The second kappa shape index (κ2) is 8.39. The Morgan fingerprint density at radius 1 is 1.00 bits per heavy atom.